The Morgan fingerprint density at radius 1 is 1.05 bits per heavy atom. The molecule has 1 heterocycles. The van der Waals surface area contributed by atoms with Gasteiger partial charge in [0.15, 0.2) is 0 Å². The Kier molecular flexibility index (Phi) is 4.45. The molecular formula is C14H24N2O3. The smallest absolute Gasteiger partial charge is 0.306 e. The maximum absolute atomic E-state index is 12.4. The molecule has 1 N–H and O–H groups in total. The summed E-state index contributed by atoms with van der Waals surface area (Å²) in [7, 11) is 4.10. The van der Waals surface area contributed by atoms with Crippen LogP contribution in [0.1, 0.15) is 32.1 Å². The molecule has 1 aliphatic carbocycles. The third-order valence-corrected chi connectivity index (χ3v) is 4.63. The first-order chi connectivity index (χ1) is 8.99. The predicted molar refractivity (Wildman–Crippen MR) is 71.8 cm³/mol. The van der Waals surface area contributed by atoms with E-state index < -0.39 is 5.97 Å². The molecule has 2 aliphatic rings. The largest absolute Gasteiger partial charge is 0.481 e. The van der Waals surface area contributed by atoms with Gasteiger partial charge in [-0.2, -0.15) is 0 Å². The van der Waals surface area contributed by atoms with Crippen LogP contribution in [0.25, 0.3) is 0 Å². The molecule has 0 aromatic heterocycles. The van der Waals surface area contributed by atoms with E-state index >= 15 is 0 Å². The zero-order valence-corrected chi connectivity index (χ0v) is 11.8. The van der Waals surface area contributed by atoms with Crippen LogP contribution >= 0.6 is 0 Å². The van der Waals surface area contributed by atoms with Crippen LogP contribution in [-0.4, -0.2) is 60.0 Å². The molecule has 2 fully saturated rings. The molecule has 1 saturated carbocycles. The van der Waals surface area contributed by atoms with Crippen molar-refractivity contribution in [2.24, 2.45) is 11.8 Å². The van der Waals surface area contributed by atoms with Gasteiger partial charge in [0.05, 0.1) is 5.92 Å². The summed E-state index contributed by atoms with van der Waals surface area (Å²) in [6.45, 7) is 1.67. The van der Waals surface area contributed by atoms with Crippen molar-refractivity contribution in [1.82, 2.24) is 9.80 Å². The molecule has 0 aromatic rings. The fourth-order valence-electron chi connectivity index (χ4n) is 3.21. The van der Waals surface area contributed by atoms with Crippen molar-refractivity contribution in [3.05, 3.63) is 0 Å². The lowest BCUT2D eigenvalue weighted by atomic mass is 9.81. The monoisotopic (exact) mass is 268 g/mol. The summed E-state index contributed by atoms with van der Waals surface area (Å²) in [6.07, 6.45) is 3.81. The van der Waals surface area contributed by atoms with E-state index in [1.807, 2.05) is 4.90 Å². The quantitative estimate of drug-likeness (QED) is 0.831. The highest BCUT2D eigenvalue weighted by atomic mass is 16.4. The van der Waals surface area contributed by atoms with Gasteiger partial charge in [-0.1, -0.05) is 0 Å². The zero-order chi connectivity index (χ0) is 14.0. The van der Waals surface area contributed by atoms with E-state index in [0.717, 1.165) is 32.4 Å². The molecule has 1 atom stereocenters. The van der Waals surface area contributed by atoms with Gasteiger partial charge in [-0.05, 0) is 46.2 Å². The van der Waals surface area contributed by atoms with Gasteiger partial charge in [0, 0.05) is 25.0 Å². The van der Waals surface area contributed by atoms with Crippen LogP contribution in [0.5, 0.6) is 0 Å². The average Bonchev–Trinajstić information content (AvgIpc) is 2.87. The molecule has 0 spiro atoms. The Bertz CT molecular complexity index is 349. The minimum Gasteiger partial charge on any atom is -0.481 e. The molecule has 108 valence electrons. The average molecular weight is 268 g/mol. The second-order valence-electron chi connectivity index (χ2n) is 6.08. The van der Waals surface area contributed by atoms with E-state index in [-0.39, 0.29) is 17.7 Å². The lowest BCUT2D eigenvalue weighted by Crippen LogP contribution is -2.39. The van der Waals surface area contributed by atoms with Gasteiger partial charge in [0.1, 0.15) is 0 Å². The van der Waals surface area contributed by atoms with Crippen molar-refractivity contribution in [1.29, 1.82) is 0 Å². The number of amides is 1. The first-order valence-electron chi connectivity index (χ1n) is 7.17. The highest BCUT2D eigenvalue weighted by Gasteiger charge is 2.35. The Balaban J connectivity index is 1.83. The van der Waals surface area contributed by atoms with Crippen molar-refractivity contribution < 1.29 is 14.7 Å². The molecule has 1 saturated heterocycles. The molecule has 1 unspecified atom stereocenters. The fraction of sp³-hybridized carbons (Fsp3) is 0.857. The topological polar surface area (TPSA) is 60.9 Å². The molecular weight excluding hydrogens is 244 g/mol. The summed E-state index contributed by atoms with van der Waals surface area (Å²) in [4.78, 5) is 27.5. The molecule has 0 radical (unpaired) electrons. The minimum absolute atomic E-state index is 0.0523. The Hall–Kier alpha value is -1.10. The summed E-state index contributed by atoms with van der Waals surface area (Å²) in [5, 5.41) is 8.97. The van der Waals surface area contributed by atoms with Gasteiger partial charge < -0.3 is 14.9 Å². The maximum Gasteiger partial charge on any atom is 0.306 e. The van der Waals surface area contributed by atoms with Gasteiger partial charge in [-0.15, -0.1) is 0 Å². The van der Waals surface area contributed by atoms with Gasteiger partial charge in [-0.25, -0.2) is 0 Å². The van der Waals surface area contributed by atoms with Crippen molar-refractivity contribution in [2.75, 3.05) is 27.2 Å². The standard InChI is InChI=1S/C14H24N2O3/c1-15(2)12-7-8-16(9-12)13(17)10-3-5-11(6-4-10)14(18)19/h10-12H,3-9H2,1-2H3,(H,18,19). The van der Waals surface area contributed by atoms with Crippen molar-refractivity contribution in [3.8, 4) is 0 Å². The molecule has 5 heteroatoms. The number of hydrogen-bond acceptors (Lipinski definition) is 3. The number of hydrogen-bond donors (Lipinski definition) is 1. The van der Waals surface area contributed by atoms with Crippen LogP contribution < -0.4 is 0 Å². The number of aliphatic carboxylic acids is 1. The van der Waals surface area contributed by atoms with Crippen LogP contribution in [0.15, 0.2) is 0 Å². The van der Waals surface area contributed by atoms with Gasteiger partial charge in [0.25, 0.3) is 0 Å². The second kappa shape index (κ2) is 5.90. The van der Waals surface area contributed by atoms with Crippen molar-refractivity contribution in [3.63, 3.8) is 0 Å². The van der Waals surface area contributed by atoms with Crippen LogP contribution in [-0.2, 0) is 9.59 Å². The lowest BCUT2D eigenvalue weighted by Gasteiger charge is -2.29. The Morgan fingerprint density at radius 3 is 2.11 bits per heavy atom. The highest BCUT2D eigenvalue weighted by molar-refractivity contribution is 5.79. The number of carboxylic acids is 1. The predicted octanol–water partition coefficient (Wildman–Crippen LogP) is 1.04. The van der Waals surface area contributed by atoms with Gasteiger partial charge >= 0.3 is 5.97 Å². The van der Waals surface area contributed by atoms with Crippen LogP contribution in [0, 0.1) is 11.8 Å². The number of carboxylic acid groups (broad SMARTS) is 1. The SMILES string of the molecule is CN(C)C1CCN(C(=O)C2CCC(C(=O)O)CC2)C1. The van der Waals surface area contributed by atoms with Crippen LogP contribution in [0.4, 0.5) is 0 Å². The Labute approximate surface area is 114 Å². The van der Waals surface area contributed by atoms with E-state index in [2.05, 4.69) is 19.0 Å². The van der Waals surface area contributed by atoms with Gasteiger partial charge in [-0.3, -0.25) is 9.59 Å². The second-order valence-corrected chi connectivity index (χ2v) is 6.08. The fourth-order valence-corrected chi connectivity index (χ4v) is 3.21. The zero-order valence-electron chi connectivity index (χ0n) is 11.8. The molecule has 0 bridgehead atoms. The van der Waals surface area contributed by atoms with E-state index in [1.54, 1.807) is 0 Å². The third-order valence-electron chi connectivity index (χ3n) is 4.63. The third kappa shape index (κ3) is 3.26. The number of nitrogens with zero attached hydrogens (tertiary/aromatic N) is 2. The summed E-state index contributed by atoms with van der Waals surface area (Å²) in [6, 6.07) is 0.472. The van der Waals surface area contributed by atoms with E-state index in [4.69, 9.17) is 5.11 Å². The van der Waals surface area contributed by atoms with E-state index in [0.29, 0.717) is 18.9 Å². The van der Waals surface area contributed by atoms with Gasteiger partial charge in [0.2, 0.25) is 5.91 Å². The van der Waals surface area contributed by atoms with E-state index in [9.17, 15) is 9.59 Å². The number of rotatable bonds is 3. The first-order valence-corrected chi connectivity index (χ1v) is 7.17. The molecule has 1 amide bonds. The Morgan fingerprint density at radius 2 is 1.63 bits per heavy atom. The summed E-state index contributed by atoms with van der Waals surface area (Å²) in [5.41, 5.74) is 0. The first kappa shape index (κ1) is 14.3. The van der Waals surface area contributed by atoms with Crippen molar-refractivity contribution >= 4 is 11.9 Å². The maximum atomic E-state index is 12.4. The van der Waals surface area contributed by atoms with Crippen molar-refractivity contribution in [2.45, 2.75) is 38.1 Å². The van der Waals surface area contributed by atoms with Crippen LogP contribution in [0.3, 0.4) is 0 Å². The molecule has 5 nitrogen and oxygen atoms in total. The number of carbonyl (C=O) groups is 2. The summed E-state index contributed by atoms with van der Waals surface area (Å²) < 4.78 is 0. The number of likely N-dealkylation sites (N-methyl/N-ethyl adjacent to an activating group) is 1. The van der Waals surface area contributed by atoms with Crippen LogP contribution in [0.2, 0.25) is 0 Å². The number of carbonyl (C=O) groups excluding carboxylic acids is 1. The molecule has 19 heavy (non-hydrogen) atoms. The minimum atomic E-state index is -0.709. The van der Waals surface area contributed by atoms with E-state index in [1.165, 1.54) is 0 Å². The normalized spacial score (nSPS) is 31.7. The molecule has 2 rings (SSSR count). The lowest BCUT2D eigenvalue weighted by molar-refractivity contribution is -0.145. The molecule has 0 aromatic carbocycles. The summed E-state index contributed by atoms with van der Waals surface area (Å²) >= 11 is 0. The summed E-state index contributed by atoms with van der Waals surface area (Å²) in [5.74, 6) is -0.651. The molecule has 1 aliphatic heterocycles. The number of likely N-dealkylation sites (tertiary alicyclic amines) is 1. The highest BCUT2D eigenvalue weighted by Crippen LogP contribution is 2.31.